The van der Waals surface area contributed by atoms with E-state index < -0.39 is 5.97 Å². The molecule has 0 saturated carbocycles. The van der Waals surface area contributed by atoms with Crippen LogP contribution in [0.3, 0.4) is 0 Å². The van der Waals surface area contributed by atoms with E-state index in [4.69, 9.17) is 0 Å². The van der Waals surface area contributed by atoms with Crippen LogP contribution in [0.4, 0.5) is 0 Å². The van der Waals surface area contributed by atoms with Crippen LogP contribution in [-0.4, -0.2) is 5.97 Å². The van der Waals surface area contributed by atoms with Gasteiger partial charge >= 0.3 is 68.9 Å². The number of carboxylic acid groups (broad SMARTS) is 1. The molecule has 0 spiro atoms. The number of hydrogen-bond acceptors (Lipinski definition) is 2. The van der Waals surface area contributed by atoms with Crippen LogP contribution < -0.4 is 74.0 Å². The normalized spacial score (nSPS) is 9.36. The van der Waals surface area contributed by atoms with Crippen molar-refractivity contribution in [1.29, 1.82) is 0 Å². The van der Waals surface area contributed by atoms with Crippen LogP contribution in [0.2, 0.25) is 0 Å². The average molecular weight is 276 g/mol. The smallest absolute Gasteiger partial charge is 0.550 e. The molecule has 0 heterocycles. The van der Waals surface area contributed by atoms with Gasteiger partial charge in [0.05, 0.1) is 0 Å². The Morgan fingerprint density at radius 1 is 1.27 bits per heavy atom. The van der Waals surface area contributed by atoms with Gasteiger partial charge < -0.3 is 9.90 Å². The quantitative estimate of drug-likeness (QED) is 0.580. The summed E-state index contributed by atoms with van der Waals surface area (Å²) >= 11 is 0. The molecule has 0 unspecified atom stereocenters. The first kappa shape index (κ1) is 15.0. The van der Waals surface area contributed by atoms with E-state index >= 15 is 0 Å². The van der Waals surface area contributed by atoms with Crippen LogP contribution in [0.15, 0.2) is 0 Å². The molecule has 11 heavy (non-hydrogen) atoms. The zero-order chi connectivity index (χ0) is 7.98. The van der Waals surface area contributed by atoms with Crippen LogP contribution in [0, 0.1) is 5.92 Å². The third-order valence-electron chi connectivity index (χ3n) is 1.61. The van der Waals surface area contributed by atoms with Crippen LogP contribution in [0.1, 0.15) is 39.5 Å². The molecule has 2 nitrogen and oxygen atoms in total. The van der Waals surface area contributed by atoms with Gasteiger partial charge in [-0.2, -0.15) is 0 Å². The minimum Gasteiger partial charge on any atom is -0.550 e. The van der Waals surface area contributed by atoms with Gasteiger partial charge in [0.25, 0.3) is 0 Å². The van der Waals surface area contributed by atoms with Crippen molar-refractivity contribution in [3.8, 4) is 0 Å². The molecule has 0 aromatic heterocycles. The Balaban J connectivity index is 0. The Bertz CT molecular complexity index is 98.3. The fourth-order valence-electron chi connectivity index (χ4n) is 1.08. The summed E-state index contributed by atoms with van der Waals surface area (Å²) in [7, 11) is 0. The molecule has 0 N–H and O–H groups in total. The van der Waals surface area contributed by atoms with Gasteiger partial charge in [-0.15, -0.1) is 0 Å². The number of carbonyl (C=O) groups is 1. The van der Waals surface area contributed by atoms with E-state index in [1.165, 1.54) is 0 Å². The van der Waals surface area contributed by atoms with Gasteiger partial charge in [0, 0.05) is 5.97 Å². The fraction of sp³-hybridized carbons (Fsp3) is 0.875. The fourth-order valence-corrected chi connectivity index (χ4v) is 1.08. The molecule has 0 aliphatic carbocycles. The molecule has 0 radical (unpaired) electrons. The Morgan fingerprint density at radius 3 is 1.82 bits per heavy atom. The molecular formula is C8H15CsO2. The average Bonchev–Trinajstić information content (AvgIpc) is 1.87. The van der Waals surface area contributed by atoms with E-state index in [0.29, 0.717) is 0 Å². The summed E-state index contributed by atoms with van der Waals surface area (Å²) in [6.45, 7) is 3.98. The largest absolute Gasteiger partial charge is 1.00 e. The second-order valence-corrected chi connectivity index (χ2v) is 2.59. The Kier molecular flexibility index (Phi) is 13.1. The van der Waals surface area contributed by atoms with Gasteiger partial charge in [0.2, 0.25) is 0 Å². The SMILES string of the molecule is CCCC(CCC)C(=O)[O-].[Cs+]. The summed E-state index contributed by atoms with van der Waals surface area (Å²) in [5, 5.41) is 10.4. The van der Waals surface area contributed by atoms with Gasteiger partial charge in [-0.3, -0.25) is 0 Å². The molecule has 0 atom stereocenters. The molecule has 0 aliphatic rings. The summed E-state index contributed by atoms with van der Waals surface area (Å²) in [6, 6.07) is 0. The second-order valence-electron chi connectivity index (χ2n) is 2.59. The Labute approximate surface area is 128 Å². The predicted octanol–water partition coefficient (Wildman–Crippen LogP) is -2.04. The van der Waals surface area contributed by atoms with E-state index in [1.807, 2.05) is 13.8 Å². The Hall–Kier alpha value is 1.52. The number of rotatable bonds is 5. The summed E-state index contributed by atoms with van der Waals surface area (Å²) in [5.41, 5.74) is 0. The van der Waals surface area contributed by atoms with Gasteiger partial charge in [-0.05, 0) is 18.8 Å². The van der Waals surface area contributed by atoms with E-state index in [-0.39, 0.29) is 74.8 Å². The van der Waals surface area contributed by atoms with E-state index in [9.17, 15) is 9.90 Å². The maximum Gasteiger partial charge on any atom is 1.00 e. The molecule has 0 aliphatic heterocycles. The number of aliphatic carboxylic acids is 1. The van der Waals surface area contributed by atoms with Crippen molar-refractivity contribution in [2.45, 2.75) is 39.5 Å². The number of hydrogen-bond donors (Lipinski definition) is 0. The number of carboxylic acids is 1. The zero-order valence-electron chi connectivity index (χ0n) is 7.72. The van der Waals surface area contributed by atoms with Crippen molar-refractivity contribution in [2.24, 2.45) is 5.92 Å². The molecule has 0 aromatic rings. The van der Waals surface area contributed by atoms with Gasteiger partial charge in [0.1, 0.15) is 0 Å². The molecule has 60 valence electrons. The first-order chi connectivity index (χ1) is 4.72. The maximum atomic E-state index is 10.4. The first-order valence-electron chi connectivity index (χ1n) is 3.93. The van der Waals surface area contributed by atoms with E-state index in [2.05, 4.69) is 0 Å². The summed E-state index contributed by atoms with van der Waals surface area (Å²) in [5.74, 6) is -1.10. The van der Waals surface area contributed by atoms with E-state index in [1.54, 1.807) is 0 Å². The van der Waals surface area contributed by atoms with Crippen LogP contribution in [-0.2, 0) is 4.79 Å². The third-order valence-corrected chi connectivity index (χ3v) is 1.61. The standard InChI is InChI=1S/C8H16O2.Cs/c1-3-5-7(6-4-2)8(9)10;/h7H,3-6H2,1-2H3,(H,9,10);/q;+1/p-1. The topological polar surface area (TPSA) is 40.1 Å². The predicted molar refractivity (Wildman–Crippen MR) is 38.3 cm³/mol. The van der Waals surface area contributed by atoms with Crippen molar-refractivity contribution in [2.75, 3.05) is 0 Å². The van der Waals surface area contributed by atoms with Crippen molar-refractivity contribution >= 4 is 5.97 Å². The van der Waals surface area contributed by atoms with Crippen molar-refractivity contribution in [1.82, 2.24) is 0 Å². The zero-order valence-corrected chi connectivity index (χ0v) is 14.0. The molecule has 0 fully saturated rings. The van der Waals surface area contributed by atoms with Crippen LogP contribution in [0.25, 0.3) is 0 Å². The molecule has 3 heteroatoms. The van der Waals surface area contributed by atoms with Gasteiger partial charge in [0.15, 0.2) is 0 Å². The molecule has 0 bridgehead atoms. The molecule has 0 amide bonds. The van der Waals surface area contributed by atoms with Crippen LogP contribution >= 0.6 is 0 Å². The summed E-state index contributed by atoms with van der Waals surface area (Å²) < 4.78 is 0. The molecular weight excluding hydrogens is 261 g/mol. The first-order valence-corrected chi connectivity index (χ1v) is 3.93. The minimum atomic E-state index is -0.885. The third kappa shape index (κ3) is 7.87. The van der Waals surface area contributed by atoms with Crippen molar-refractivity contribution in [3.05, 3.63) is 0 Å². The van der Waals surface area contributed by atoms with Crippen LogP contribution in [0.5, 0.6) is 0 Å². The minimum absolute atomic E-state index is 0. The maximum absolute atomic E-state index is 10.4. The second kappa shape index (κ2) is 9.61. The van der Waals surface area contributed by atoms with Gasteiger partial charge in [-0.1, -0.05) is 26.7 Å². The molecule has 0 rings (SSSR count). The van der Waals surface area contributed by atoms with Gasteiger partial charge in [-0.25, -0.2) is 0 Å². The van der Waals surface area contributed by atoms with Crippen molar-refractivity contribution in [3.63, 3.8) is 0 Å². The summed E-state index contributed by atoms with van der Waals surface area (Å²) in [6.07, 6.45) is 3.38. The summed E-state index contributed by atoms with van der Waals surface area (Å²) in [4.78, 5) is 10.4. The van der Waals surface area contributed by atoms with Crippen molar-refractivity contribution < 1.29 is 78.8 Å². The molecule has 0 saturated heterocycles. The Morgan fingerprint density at radius 2 is 1.64 bits per heavy atom. The number of carbonyl (C=O) groups excluding carboxylic acids is 1. The monoisotopic (exact) mass is 276 g/mol. The molecule has 0 aromatic carbocycles. The van der Waals surface area contributed by atoms with E-state index in [0.717, 1.165) is 25.7 Å².